The zero-order valence-corrected chi connectivity index (χ0v) is 12.7. The standard InChI is InChI=1S/C16H30N2O/c1-3-15(2)12-17-16(7-4-5-8-16)13-18(15)10-14-6-9-19-11-14/h14,17H,3-13H2,1-2H3. The van der Waals surface area contributed by atoms with E-state index in [1.807, 2.05) is 0 Å². The molecule has 0 radical (unpaired) electrons. The van der Waals surface area contributed by atoms with E-state index in [1.54, 1.807) is 0 Å². The normalized spacial score (nSPS) is 39.2. The molecule has 3 rings (SSSR count). The summed E-state index contributed by atoms with van der Waals surface area (Å²) in [5.74, 6) is 0.766. The van der Waals surface area contributed by atoms with Crippen LogP contribution in [0.4, 0.5) is 0 Å². The second-order valence-corrected chi connectivity index (χ2v) is 7.30. The zero-order valence-electron chi connectivity index (χ0n) is 12.7. The Morgan fingerprint density at radius 3 is 2.74 bits per heavy atom. The molecule has 19 heavy (non-hydrogen) atoms. The summed E-state index contributed by atoms with van der Waals surface area (Å²) in [7, 11) is 0. The lowest BCUT2D eigenvalue weighted by Gasteiger charge is -2.53. The van der Waals surface area contributed by atoms with Crippen molar-refractivity contribution >= 4 is 0 Å². The molecule has 3 aliphatic rings. The highest BCUT2D eigenvalue weighted by Crippen LogP contribution is 2.37. The molecule has 1 N–H and O–H groups in total. The van der Waals surface area contributed by atoms with Gasteiger partial charge in [0.2, 0.25) is 0 Å². The summed E-state index contributed by atoms with van der Waals surface area (Å²) in [6.45, 7) is 10.4. The molecule has 2 unspecified atom stereocenters. The minimum Gasteiger partial charge on any atom is -0.381 e. The Bertz CT molecular complexity index is 308. The summed E-state index contributed by atoms with van der Waals surface area (Å²) in [5.41, 5.74) is 0.782. The highest BCUT2D eigenvalue weighted by Gasteiger charge is 2.45. The first-order chi connectivity index (χ1) is 9.16. The SMILES string of the molecule is CCC1(C)CNC2(CCCC2)CN1CC1CCOC1. The number of nitrogens with zero attached hydrogens (tertiary/aromatic N) is 1. The predicted molar refractivity (Wildman–Crippen MR) is 78.4 cm³/mol. The smallest absolute Gasteiger partial charge is 0.0507 e. The first kappa shape index (κ1) is 13.8. The average Bonchev–Trinajstić information content (AvgIpc) is 3.07. The molecule has 110 valence electrons. The first-order valence-corrected chi connectivity index (χ1v) is 8.24. The van der Waals surface area contributed by atoms with E-state index in [9.17, 15) is 0 Å². The Labute approximate surface area is 118 Å². The van der Waals surface area contributed by atoms with Crippen molar-refractivity contribution in [2.24, 2.45) is 5.92 Å². The van der Waals surface area contributed by atoms with E-state index in [4.69, 9.17) is 4.74 Å². The Hall–Kier alpha value is -0.120. The van der Waals surface area contributed by atoms with Crippen molar-refractivity contribution in [3.05, 3.63) is 0 Å². The summed E-state index contributed by atoms with van der Waals surface area (Å²) >= 11 is 0. The molecule has 0 aromatic rings. The van der Waals surface area contributed by atoms with Gasteiger partial charge in [0.05, 0.1) is 6.61 Å². The van der Waals surface area contributed by atoms with Gasteiger partial charge in [0.25, 0.3) is 0 Å². The molecule has 3 heteroatoms. The average molecular weight is 266 g/mol. The van der Waals surface area contributed by atoms with Crippen molar-refractivity contribution in [2.45, 2.75) is 63.5 Å². The lowest BCUT2D eigenvalue weighted by Crippen LogP contribution is -2.68. The quantitative estimate of drug-likeness (QED) is 0.849. The summed E-state index contributed by atoms with van der Waals surface area (Å²) in [4.78, 5) is 2.80. The van der Waals surface area contributed by atoms with Gasteiger partial charge in [-0.05, 0) is 38.5 Å². The van der Waals surface area contributed by atoms with Gasteiger partial charge in [-0.1, -0.05) is 19.8 Å². The van der Waals surface area contributed by atoms with Crippen LogP contribution in [-0.4, -0.2) is 48.8 Å². The van der Waals surface area contributed by atoms with Gasteiger partial charge in [-0.2, -0.15) is 0 Å². The molecule has 3 nitrogen and oxygen atoms in total. The molecular formula is C16H30N2O. The topological polar surface area (TPSA) is 24.5 Å². The van der Waals surface area contributed by atoms with Crippen LogP contribution in [0.2, 0.25) is 0 Å². The molecule has 1 aliphatic carbocycles. The molecule has 2 saturated heterocycles. The van der Waals surface area contributed by atoms with Gasteiger partial charge in [0, 0.05) is 37.3 Å². The maximum absolute atomic E-state index is 5.58. The molecule has 0 aromatic heterocycles. The van der Waals surface area contributed by atoms with Crippen molar-refractivity contribution in [1.29, 1.82) is 0 Å². The summed E-state index contributed by atoms with van der Waals surface area (Å²) in [5, 5.41) is 3.92. The lowest BCUT2D eigenvalue weighted by atomic mass is 9.84. The largest absolute Gasteiger partial charge is 0.381 e. The van der Waals surface area contributed by atoms with Crippen molar-refractivity contribution < 1.29 is 4.74 Å². The van der Waals surface area contributed by atoms with E-state index < -0.39 is 0 Å². The van der Waals surface area contributed by atoms with Gasteiger partial charge in [0.1, 0.15) is 0 Å². The predicted octanol–water partition coefficient (Wildman–Crippen LogP) is 2.41. The molecule has 2 atom stereocenters. The first-order valence-electron chi connectivity index (χ1n) is 8.24. The summed E-state index contributed by atoms with van der Waals surface area (Å²) < 4.78 is 5.58. The molecule has 3 fully saturated rings. The van der Waals surface area contributed by atoms with E-state index in [0.29, 0.717) is 11.1 Å². The van der Waals surface area contributed by atoms with E-state index in [0.717, 1.165) is 25.7 Å². The van der Waals surface area contributed by atoms with Crippen LogP contribution in [-0.2, 0) is 4.74 Å². The summed E-state index contributed by atoms with van der Waals surface area (Å²) in [6.07, 6.45) is 8.09. The molecule has 0 bridgehead atoms. The van der Waals surface area contributed by atoms with Crippen molar-refractivity contribution in [2.75, 3.05) is 32.8 Å². The van der Waals surface area contributed by atoms with Crippen LogP contribution < -0.4 is 5.32 Å². The minimum atomic E-state index is 0.344. The maximum Gasteiger partial charge on any atom is 0.0507 e. The van der Waals surface area contributed by atoms with Crippen molar-refractivity contribution in [3.8, 4) is 0 Å². The number of hydrogen-bond acceptors (Lipinski definition) is 3. The Morgan fingerprint density at radius 1 is 1.32 bits per heavy atom. The van der Waals surface area contributed by atoms with Crippen LogP contribution in [0, 0.1) is 5.92 Å². The van der Waals surface area contributed by atoms with Gasteiger partial charge < -0.3 is 10.1 Å². The Morgan fingerprint density at radius 2 is 2.11 bits per heavy atom. The van der Waals surface area contributed by atoms with Gasteiger partial charge in [-0.25, -0.2) is 0 Å². The van der Waals surface area contributed by atoms with Crippen molar-refractivity contribution in [1.82, 2.24) is 10.2 Å². The second-order valence-electron chi connectivity index (χ2n) is 7.30. The second kappa shape index (κ2) is 5.34. The highest BCUT2D eigenvalue weighted by atomic mass is 16.5. The third-order valence-corrected chi connectivity index (χ3v) is 5.93. The van der Waals surface area contributed by atoms with E-state index in [1.165, 1.54) is 51.6 Å². The van der Waals surface area contributed by atoms with Crippen LogP contribution in [0.1, 0.15) is 52.4 Å². The Balaban J connectivity index is 1.70. The Kier molecular flexibility index (Phi) is 3.89. The number of ether oxygens (including phenoxy) is 1. The zero-order chi connectivity index (χ0) is 13.3. The molecule has 0 aromatic carbocycles. The van der Waals surface area contributed by atoms with Crippen molar-refractivity contribution in [3.63, 3.8) is 0 Å². The van der Waals surface area contributed by atoms with Gasteiger partial charge in [-0.15, -0.1) is 0 Å². The van der Waals surface area contributed by atoms with Crippen LogP contribution >= 0.6 is 0 Å². The molecule has 1 saturated carbocycles. The number of piperazine rings is 1. The third kappa shape index (κ3) is 2.70. The highest BCUT2D eigenvalue weighted by molar-refractivity contribution is 5.05. The number of rotatable bonds is 3. The van der Waals surface area contributed by atoms with Crippen LogP contribution in [0.5, 0.6) is 0 Å². The molecule has 2 aliphatic heterocycles. The fourth-order valence-corrected chi connectivity index (χ4v) is 4.16. The van der Waals surface area contributed by atoms with E-state index >= 15 is 0 Å². The lowest BCUT2D eigenvalue weighted by molar-refractivity contribution is 0.00196. The molecule has 1 spiro atoms. The third-order valence-electron chi connectivity index (χ3n) is 5.93. The number of nitrogens with one attached hydrogen (secondary N) is 1. The molecule has 2 heterocycles. The van der Waals surface area contributed by atoms with E-state index in [2.05, 4.69) is 24.1 Å². The van der Waals surface area contributed by atoms with Gasteiger partial charge in [0.15, 0.2) is 0 Å². The number of hydrogen-bond donors (Lipinski definition) is 1. The molecular weight excluding hydrogens is 236 g/mol. The summed E-state index contributed by atoms with van der Waals surface area (Å²) in [6, 6.07) is 0. The van der Waals surface area contributed by atoms with Crippen LogP contribution in [0.3, 0.4) is 0 Å². The van der Waals surface area contributed by atoms with E-state index in [-0.39, 0.29) is 0 Å². The monoisotopic (exact) mass is 266 g/mol. The fraction of sp³-hybridized carbons (Fsp3) is 1.00. The van der Waals surface area contributed by atoms with Crippen LogP contribution in [0.15, 0.2) is 0 Å². The maximum atomic E-state index is 5.58. The van der Waals surface area contributed by atoms with Gasteiger partial charge in [-0.3, -0.25) is 4.90 Å². The van der Waals surface area contributed by atoms with Crippen LogP contribution in [0.25, 0.3) is 0 Å². The fourth-order valence-electron chi connectivity index (χ4n) is 4.16. The minimum absolute atomic E-state index is 0.344. The molecule has 0 amide bonds. The van der Waals surface area contributed by atoms with Gasteiger partial charge >= 0.3 is 0 Å².